The molecule has 0 bridgehead atoms. The van der Waals surface area contributed by atoms with E-state index in [-0.39, 0.29) is 6.04 Å². The van der Waals surface area contributed by atoms with Gasteiger partial charge in [-0.2, -0.15) is 0 Å². The molecule has 17 heavy (non-hydrogen) atoms. The molecule has 1 aliphatic carbocycles. The second-order valence-electron chi connectivity index (χ2n) is 4.41. The van der Waals surface area contributed by atoms with Crippen molar-refractivity contribution in [3.8, 4) is 11.5 Å². The molecule has 1 aromatic carbocycles. The van der Waals surface area contributed by atoms with Crippen LogP contribution in [0.1, 0.15) is 19.3 Å². The van der Waals surface area contributed by atoms with Crippen molar-refractivity contribution in [3.05, 3.63) is 18.2 Å². The molecule has 0 unspecified atom stereocenters. The van der Waals surface area contributed by atoms with E-state index in [0.717, 1.165) is 30.0 Å². The summed E-state index contributed by atoms with van der Waals surface area (Å²) in [6.07, 6.45) is 3.41. The highest BCUT2D eigenvalue weighted by Gasteiger charge is 2.24. The van der Waals surface area contributed by atoms with Gasteiger partial charge in [-0.25, -0.2) is 0 Å². The van der Waals surface area contributed by atoms with Gasteiger partial charge in [0, 0.05) is 18.2 Å². The predicted octanol–water partition coefficient (Wildman–Crippen LogP) is 2.00. The van der Waals surface area contributed by atoms with Crippen molar-refractivity contribution >= 4 is 5.69 Å². The van der Waals surface area contributed by atoms with Crippen molar-refractivity contribution in [3.63, 3.8) is 0 Å². The van der Waals surface area contributed by atoms with E-state index in [0.29, 0.717) is 6.04 Å². The molecule has 0 radical (unpaired) electrons. The van der Waals surface area contributed by atoms with Gasteiger partial charge in [-0.3, -0.25) is 0 Å². The topological polar surface area (TPSA) is 56.5 Å². The summed E-state index contributed by atoms with van der Waals surface area (Å²) in [4.78, 5) is 0. The molecule has 2 atom stereocenters. The van der Waals surface area contributed by atoms with Crippen molar-refractivity contribution < 1.29 is 9.47 Å². The highest BCUT2D eigenvalue weighted by molar-refractivity contribution is 5.59. The maximum absolute atomic E-state index is 6.05. The van der Waals surface area contributed by atoms with Crippen LogP contribution in [0.25, 0.3) is 0 Å². The third-order valence-electron chi connectivity index (χ3n) is 3.32. The average molecular weight is 236 g/mol. The largest absolute Gasteiger partial charge is 0.497 e. The first-order chi connectivity index (χ1) is 8.24. The zero-order valence-corrected chi connectivity index (χ0v) is 10.4. The Bertz CT molecular complexity index is 382. The molecule has 1 fully saturated rings. The zero-order valence-electron chi connectivity index (χ0n) is 10.4. The Balaban J connectivity index is 2.14. The van der Waals surface area contributed by atoms with Gasteiger partial charge >= 0.3 is 0 Å². The molecule has 4 nitrogen and oxygen atoms in total. The summed E-state index contributed by atoms with van der Waals surface area (Å²) in [5.74, 6) is 1.59. The van der Waals surface area contributed by atoms with Crippen LogP contribution in [0.3, 0.4) is 0 Å². The van der Waals surface area contributed by atoms with Crippen molar-refractivity contribution in [2.24, 2.45) is 5.73 Å². The van der Waals surface area contributed by atoms with Crippen molar-refractivity contribution in [1.82, 2.24) is 0 Å². The van der Waals surface area contributed by atoms with E-state index < -0.39 is 0 Å². The summed E-state index contributed by atoms with van der Waals surface area (Å²) < 4.78 is 10.5. The minimum absolute atomic E-state index is 0.238. The first-order valence-corrected chi connectivity index (χ1v) is 5.98. The molecule has 0 heterocycles. The Morgan fingerprint density at radius 3 is 2.65 bits per heavy atom. The first-order valence-electron chi connectivity index (χ1n) is 5.98. The lowest BCUT2D eigenvalue weighted by Crippen LogP contribution is -2.35. The van der Waals surface area contributed by atoms with Crippen molar-refractivity contribution in [2.75, 3.05) is 19.5 Å². The summed E-state index contributed by atoms with van der Waals surface area (Å²) in [5.41, 5.74) is 7.03. The number of nitrogens with two attached hydrogens (primary N) is 1. The van der Waals surface area contributed by atoms with Gasteiger partial charge in [-0.1, -0.05) is 0 Å². The molecule has 1 aromatic rings. The van der Waals surface area contributed by atoms with E-state index >= 15 is 0 Å². The lowest BCUT2D eigenvalue weighted by atomic mass is 10.1. The van der Waals surface area contributed by atoms with E-state index in [4.69, 9.17) is 15.2 Å². The number of methoxy groups -OCH3 is 2. The lowest BCUT2D eigenvalue weighted by molar-refractivity contribution is 0.395. The SMILES string of the molecule is COc1ccc(N[C@@H]2CCC[C@@H]2N)c(OC)c1. The van der Waals surface area contributed by atoms with Gasteiger partial charge in [0.2, 0.25) is 0 Å². The first kappa shape index (κ1) is 12.0. The second-order valence-corrected chi connectivity index (χ2v) is 4.41. The maximum atomic E-state index is 6.05. The van der Waals surface area contributed by atoms with Gasteiger partial charge in [0.1, 0.15) is 11.5 Å². The van der Waals surface area contributed by atoms with Crippen LogP contribution in [0.15, 0.2) is 18.2 Å². The van der Waals surface area contributed by atoms with Crippen LogP contribution in [-0.4, -0.2) is 26.3 Å². The molecule has 1 aliphatic rings. The minimum Gasteiger partial charge on any atom is -0.497 e. The maximum Gasteiger partial charge on any atom is 0.145 e. The molecule has 3 N–H and O–H groups in total. The number of hydrogen-bond donors (Lipinski definition) is 2. The molecule has 94 valence electrons. The Morgan fingerprint density at radius 1 is 1.24 bits per heavy atom. The normalized spacial score (nSPS) is 23.5. The van der Waals surface area contributed by atoms with E-state index in [1.54, 1.807) is 14.2 Å². The fraction of sp³-hybridized carbons (Fsp3) is 0.538. The van der Waals surface area contributed by atoms with Crippen molar-refractivity contribution in [2.45, 2.75) is 31.3 Å². The predicted molar refractivity (Wildman–Crippen MR) is 68.8 cm³/mol. The lowest BCUT2D eigenvalue weighted by Gasteiger charge is -2.20. The summed E-state index contributed by atoms with van der Waals surface area (Å²) in [6, 6.07) is 6.36. The average Bonchev–Trinajstić information content (AvgIpc) is 2.75. The van der Waals surface area contributed by atoms with Crippen LogP contribution in [-0.2, 0) is 0 Å². The van der Waals surface area contributed by atoms with Gasteiger partial charge in [0.25, 0.3) is 0 Å². The Hall–Kier alpha value is -1.42. The number of anilines is 1. The molecule has 0 saturated heterocycles. The van der Waals surface area contributed by atoms with Gasteiger partial charge in [0.05, 0.1) is 19.9 Å². The third kappa shape index (κ3) is 2.64. The van der Waals surface area contributed by atoms with Crippen LogP contribution in [0, 0.1) is 0 Å². The number of hydrogen-bond acceptors (Lipinski definition) is 4. The quantitative estimate of drug-likeness (QED) is 0.839. The molecule has 4 heteroatoms. The van der Waals surface area contributed by atoms with E-state index in [1.165, 1.54) is 6.42 Å². The molecule has 0 amide bonds. The van der Waals surface area contributed by atoms with E-state index in [2.05, 4.69) is 5.32 Å². The van der Waals surface area contributed by atoms with Crippen molar-refractivity contribution in [1.29, 1.82) is 0 Å². The zero-order chi connectivity index (χ0) is 12.3. The minimum atomic E-state index is 0.238. The molecular weight excluding hydrogens is 216 g/mol. The highest BCUT2D eigenvalue weighted by Crippen LogP contribution is 2.31. The highest BCUT2D eigenvalue weighted by atomic mass is 16.5. The van der Waals surface area contributed by atoms with Gasteiger partial charge in [-0.05, 0) is 31.4 Å². The van der Waals surface area contributed by atoms with E-state index in [1.807, 2.05) is 18.2 Å². The summed E-state index contributed by atoms with van der Waals surface area (Å²) in [7, 11) is 3.31. The summed E-state index contributed by atoms with van der Waals surface area (Å²) in [5, 5.41) is 3.46. The van der Waals surface area contributed by atoms with Gasteiger partial charge in [-0.15, -0.1) is 0 Å². The monoisotopic (exact) mass is 236 g/mol. The number of ether oxygens (including phenoxy) is 2. The fourth-order valence-corrected chi connectivity index (χ4v) is 2.29. The molecular formula is C13H20N2O2. The molecule has 0 spiro atoms. The number of nitrogens with one attached hydrogen (secondary N) is 1. The fourth-order valence-electron chi connectivity index (χ4n) is 2.29. The third-order valence-corrected chi connectivity index (χ3v) is 3.32. The Morgan fingerprint density at radius 2 is 2.06 bits per heavy atom. The number of rotatable bonds is 4. The number of benzene rings is 1. The Kier molecular flexibility index (Phi) is 3.74. The van der Waals surface area contributed by atoms with Crippen LogP contribution in [0.4, 0.5) is 5.69 Å². The smallest absolute Gasteiger partial charge is 0.145 e. The molecule has 0 aromatic heterocycles. The van der Waals surface area contributed by atoms with Crippen LogP contribution in [0.2, 0.25) is 0 Å². The van der Waals surface area contributed by atoms with E-state index in [9.17, 15) is 0 Å². The molecule has 2 rings (SSSR count). The van der Waals surface area contributed by atoms with Crippen LogP contribution < -0.4 is 20.5 Å². The Labute approximate surface area is 102 Å². The molecule has 1 saturated carbocycles. The van der Waals surface area contributed by atoms with Crippen LogP contribution in [0.5, 0.6) is 11.5 Å². The summed E-state index contributed by atoms with van der Waals surface area (Å²) in [6.45, 7) is 0. The molecule has 0 aliphatic heterocycles. The second kappa shape index (κ2) is 5.27. The summed E-state index contributed by atoms with van der Waals surface area (Å²) >= 11 is 0. The standard InChI is InChI=1S/C13H20N2O2/c1-16-9-6-7-12(13(8-9)17-2)15-11-5-3-4-10(11)14/h6-8,10-11,15H,3-5,14H2,1-2H3/t10-,11+/m0/s1. The van der Waals surface area contributed by atoms with Gasteiger partial charge in [0.15, 0.2) is 0 Å². The van der Waals surface area contributed by atoms with Crippen LogP contribution >= 0.6 is 0 Å². The van der Waals surface area contributed by atoms with Gasteiger partial charge < -0.3 is 20.5 Å².